The van der Waals surface area contributed by atoms with Crippen LogP contribution in [0.5, 0.6) is 0 Å². The van der Waals surface area contributed by atoms with E-state index in [4.69, 9.17) is 0 Å². The Morgan fingerprint density at radius 3 is 2.77 bits per heavy atom. The number of hydrogen-bond donors (Lipinski definition) is 1. The lowest BCUT2D eigenvalue weighted by atomic mass is 10.1. The summed E-state index contributed by atoms with van der Waals surface area (Å²) >= 11 is 1.62. The summed E-state index contributed by atoms with van der Waals surface area (Å²) in [6.07, 6.45) is 3.63. The van der Waals surface area contributed by atoms with Crippen LogP contribution in [-0.2, 0) is 7.05 Å². The van der Waals surface area contributed by atoms with Crippen LogP contribution in [0.1, 0.15) is 43.3 Å². The molecule has 0 radical (unpaired) electrons. The highest BCUT2D eigenvalue weighted by Crippen LogP contribution is 2.23. The molecule has 0 aliphatic carbocycles. The van der Waals surface area contributed by atoms with E-state index in [1.54, 1.807) is 34.2 Å². The molecular formula is C15H23N5OS. The predicted molar refractivity (Wildman–Crippen MR) is 89.5 cm³/mol. The number of nitrogens with zero attached hydrogens (tertiary/aromatic N) is 4. The molecule has 120 valence electrons. The molecular weight excluding hydrogens is 298 g/mol. The summed E-state index contributed by atoms with van der Waals surface area (Å²) in [5.74, 6) is 0.477. The molecule has 22 heavy (non-hydrogen) atoms. The predicted octanol–water partition coefficient (Wildman–Crippen LogP) is 3.27. The number of carbonyl (C=O) groups is 1. The molecule has 2 amide bonds. The van der Waals surface area contributed by atoms with Crippen LogP contribution < -0.4 is 5.32 Å². The van der Waals surface area contributed by atoms with Gasteiger partial charge >= 0.3 is 6.03 Å². The van der Waals surface area contributed by atoms with Gasteiger partial charge in [0.15, 0.2) is 0 Å². The molecule has 7 heteroatoms. The molecule has 0 bridgehead atoms. The zero-order valence-corrected chi connectivity index (χ0v) is 14.5. The van der Waals surface area contributed by atoms with Gasteiger partial charge in [0.2, 0.25) is 0 Å². The molecule has 6 nitrogen and oxygen atoms in total. The summed E-state index contributed by atoms with van der Waals surface area (Å²) in [4.78, 5) is 18.3. The van der Waals surface area contributed by atoms with E-state index in [1.165, 1.54) is 0 Å². The molecule has 2 aromatic heterocycles. The Kier molecular flexibility index (Phi) is 5.18. The van der Waals surface area contributed by atoms with E-state index >= 15 is 0 Å². The third-order valence-electron chi connectivity index (χ3n) is 3.41. The molecule has 2 aromatic rings. The fourth-order valence-corrected chi connectivity index (χ4v) is 2.98. The first kappa shape index (κ1) is 16.5. The Hall–Kier alpha value is -1.89. The average molecular weight is 321 g/mol. The van der Waals surface area contributed by atoms with Gasteiger partial charge in [-0.15, -0.1) is 11.3 Å². The van der Waals surface area contributed by atoms with Gasteiger partial charge < -0.3 is 10.2 Å². The Balaban J connectivity index is 2.00. The number of thiazole rings is 1. The number of anilines is 1. The summed E-state index contributed by atoms with van der Waals surface area (Å²) in [6.45, 7) is 6.82. The number of nitrogens with one attached hydrogen (secondary N) is 1. The highest BCUT2D eigenvalue weighted by molar-refractivity contribution is 7.09. The maximum absolute atomic E-state index is 12.4. The maximum Gasteiger partial charge on any atom is 0.321 e. The summed E-state index contributed by atoms with van der Waals surface area (Å²) in [5, 5.41) is 10.3. The van der Waals surface area contributed by atoms with Gasteiger partial charge in [0, 0.05) is 44.3 Å². The van der Waals surface area contributed by atoms with E-state index in [-0.39, 0.29) is 17.9 Å². The van der Waals surface area contributed by atoms with Crippen LogP contribution in [-0.4, -0.2) is 39.3 Å². The van der Waals surface area contributed by atoms with E-state index in [0.717, 1.165) is 16.4 Å². The van der Waals surface area contributed by atoms with Crippen molar-refractivity contribution in [1.82, 2.24) is 19.7 Å². The van der Waals surface area contributed by atoms with Crippen LogP contribution in [0.2, 0.25) is 0 Å². The molecule has 0 fully saturated rings. The van der Waals surface area contributed by atoms with E-state index in [1.807, 2.05) is 18.6 Å². The first-order valence-corrected chi connectivity index (χ1v) is 8.21. The number of rotatable bonds is 5. The van der Waals surface area contributed by atoms with Gasteiger partial charge in [0.25, 0.3) is 0 Å². The third-order valence-corrected chi connectivity index (χ3v) is 4.42. The highest BCUT2D eigenvalue weighted by Gasteiger charge is 2.18. The van der Waals surface area contributed by atoms with Crippen molar-refractivity contribution in [2.45, 2.75) is 32.6 Å². The minimum atomic E-state index is -0.127. The van der Waals surface area contributed by atoms with Crippen LogP contribution in [0.4, 0.5) is 10.5 Å². The number of hydrogen-bond acceptors (Lipinski definition) is 4. The van der Waals surface area contributed by atoms with Gasteiger partial charge in [-0.3, -0.25) is 4.68 Å². The van der Waals surface area contributed by atoms with Crippen molar-refractivity contribution in [1.29, 1.82) is 0 Å². The number of amides is 2. The van der Waals surface area contributed by atoms with Gasteiger partial charge in [-0.1, -0.05) is 20.8 Å². The molecule has 2 rings (SSSR count). The van der Waals surface area contributed by atoms with Crippen molar-refractivity contribution in [3.8, 4) is 0 Å². The Bertz CT molecular complexity index is 620. The number of aromatic nitrogens is 3. The van der Waals surface area contributed by atoms with Crippen molar-refractivity contribution < 1.29 is 4.79 Å². The molecule has 0 aliphatic heterocycles. The van der Waals surface area contributed by atoms with Crippen LogP contribution in [0.15, 0.2) is 17.8 Å². The number of aryl methyl sites for hydroxylation is 1. The summed E-state index contributed by atoms with van der Waals surface area (Å²) in [5.41, 5.74) is 1.67. The van der Waals surface area contributed by atoms with Crippen LogP contribution in [0.3, 0.4) is 0 Å². The molecule has 0 saturated carbocycles. The zero-order chi connectivity index (χ0) is 16.3. The number of likely N-dealkylation sites (N-methyl/N-ethyl adjacent to an activating group) is 1. The van der Waals surface area contributed by atoms with Crippen LogP contribution >= 0.6 is 11.3 Å². The van der Waals surface area contributed by atoms with Crippen LogP contribution in [0.25, 0.3) is 0 Å². The standard InChI is InChI=1S/C15H23N5OS/c1-10(2)13-12(9-20(5)18-13)17-15(21)19(4)8-11(3)14-16-6-7-22-14/h6-7,9-11H,8H2,1-5H3,(H,17,21). The fraction of sp³-hybridized carbons (Fsp3) is 0.533. The fourth-order valence-electron chi connectivity index (χ4n) is 2.29. The maximum atomic E-state index is 12.4. The SMILES string of the molecule is CC(C)c1nn(C)cc1NC(=O)N(C)CC(C)c1nccs1. The van der Waals surface area contributed by atoms with E-state index < -0.39 is 0 Å². The lowest BCUT2D eigenvalue weighted by molar-refractivity contribution is 0.220. The minimum absolute atomic E-state index is 0.127. The Morgan fingerprint density at radius 2 is 2.18 bits per heavy atom. The van der Waals surface area contributed by atoms with E-state index in [0.29, 0.717) is 6.54 Å². The smallest absolute Gasteiger partial charge is 0.321 e. The second-order valence-corrected chi connectivity index (χ2v) is 6.76. The van der Waals surface area contributed by atoms with Crippen LogP contribution in [0, 0.1) is 0 Å². The molecule has 1 unspecified atom stereocenters. The lowest BCUT2D eigenvalue weighted by Gasteiger charge is -2.21. The molecule has 1 atom stereocenters. The van der Waals surface area contributed by atoms with Gasteiger partial charge in [-0.25, -0.2) is 9.78 Å². The summed E-state index contributed by atoms with van der Waals surface area (Å²) in [6, 6.07) is -0.127. The van der Waals surface area contributed by atoms with Gasteiger partial charge in [-0.2, -0.15) is 5.10 Å². The third kappa shape index (κ3) is 3.85. The average Bonchev–Trinajstić information content (AvgIpc) is 3.08. The summed E-state index contributed by atoms with van der Waals surface area (Å²) in [7, 11) is 3.65. The molecule has 0 aromatic carbocycles. The molecule has 0 saturated heterocycles. The van der Waals surface area contributed by atoms with Crippen molar-refractivity contribution in [2.24, 2.45) is 7.05 Å². The van der Waals surface area contributed by atoms with Gasteiger partial charge in [0.05, 0.1) is 16.4 Å². The Morgan fingerprint density at radius 1 is 1.45 bits per heavy atom. The number of carbonyl (C=O) groups excluding carboxylic acids is 1. The number of urea groups is 1. The first-order valence-electron chi connectivity index (χ1n) is 7.33. The van der Waals surface area contributed by atoms with Gasteiger partial charge in [-0.05, 0) is 5.92 Å². The Labute approximate surface area is 135 Å². The van der Waals surface area contributed by atoms with Crippen molar-refractivity contribution in [3.05, 3.63) is 28.5 Å². The molecule has 0 aliphatic rings. The second kappa shape index (κ2) is 6.91. The minimum Gasteiger partial charge on any atom is -0.327 e. The molecule has 1 N–H and O–H groups in total. The highest BCUT2D eigenvalue weighted by atomic mass is 32.1. The van der Waals surface area contributed by atoms with Crippen molar-refractivity contribution >= 4 is 23.1 Å². The largest absolute Gasteiger partial charge is 0.327 e. The zero-order valence-electron chi connectivity index (χ0n) is 13.7. The normalized spacial score (nSPS) is 12.5. The monoisotopic (exact) mass is 321 g/mol. The van der Waals surface area contributed by atoms with Crippen molar-refractivity contribution in [3.63, 3.8) is 0 Å². The van der Waals surface area contributed by atoms with E-state index in [9.17, 15) is 4.79 Å². The summed E-state index contributed by atoms with van der Waals surface area (Å²) < 4.78 is 1.73. The van der Waals surface area contributed by atoms with E-state index in [2.05, 4.69) is 36.2 Å². The topological polar surface area (TPSA) is 63.1 Å². The van der Waals surface area contributed by atoms with Gasteiger partial charge in [0.1, 0.15) is 0 Å². The van der Waals surface area contributed by atoms with Crippen molar-refractivity contribution in [2.75, 3.05) is 18.9 Å². The second-order valence-electron chi connectivity index (χ2n) is 5.84. The molecule has 2 heterocycles. The first-order chi connectivity index (χ1) is 10.4. The quantitative estimate of drug-likeness (QED) is 0.919. The lowest BCUT2D eigenvalue weighted by Crippen LogP contribution is -2.34. The molecule has 0 spiro atoms.